The van der Waals surface area contributed by atoms with Crippen molar-refractivity contribution < 1.29 is 14.4 Å². The highest BCUT2D eigenvalue weighted by Crippen LogP contribution is 2.46. The molecule has 0 saturated carbocycles. The van der Waals surface area contributed by atoms with Crippen molar-refractivity contribution in [1.29, 1.82) is 0 Å². The number of carbonyl (C=O) groups is 3. The van der Waals surface area contributed by atoms with Crippen LogP contribution in [0.2, 0.25) is 0 Å². The largest absolute Gasteiger partial charge is 0.286 e. The smallest absolute Gasteiger partial charge is 0.241 e. The fourth-order valence-corrected chi connectivity index (χ4v) is 2.57. The van der Waals surface area contributed by atoms with Gasteiger partial charge < -0.3 is 0 Å². The van der Waals surface area contributed by atoms with E-state index in [2.05, 4.69) is 0 Å². The van der Waals surface area contributed by atoms with E-state index in [4.69, 9.17) is 0 Å². The molecule has 1 saturated heterocycles. The summed E-state index contributed by atoms with van der Waals surface area (Å²) < 4.78 is 0. The molecule has 4 heteroatoms. The van der Waals surface area contributed by atoms with Crippen LogP contribution >= 0.6 is 0 Å². The number of ketones is 2. The molecule has 1 heterocycles. The molecule has 0 spiro atoms. The van der Waals surface area contributed by atoms with E-state index in [0.29, 0.717) is 17.0 Å². The summed E-state index contributed by atoms with van der Waals surface area (Å²) in [7, 11) is 0. The number of amides is 1. The number of anilines is 1. The predicted octanol–water partition coefficient (Wildman–Crippen LogP) is 2.02. The third-order valence-corrected chi connectivity index (χ3v) is 3.73. The molecule has 0 aromatic heterocycles. The van der Waals surface area contributed by atoms with Crippen molar-refractivity contribution in [2.45, 2.75) is 13.8 Å². The molecular weight excluding hydrogens is 254 g/mol. The molecule has 0 unspecified atom stereocenters. The number of hydrogen-bond acceptors (Lipinski definition) is 3. The van der Waals surface area contributed by atoms with Gasteiger partial charge in [0.1, 0.15) is 0 Å². The Balaban J connectivity index is 2.21. The predicted molar refractivity (Wildman–Crippen MR) is 73.9 cm³/mol. The van der Waals surface area contributed by atoms with E-state index in [1.165, 1.54) is 17.1 Å². The Kier molecular flexibility index (Phi) is 2.51. The van der Waals surface area contributed by atoms with Gasteiger partial charge >= 0.3 is 0 Å². The molecule has 1 aromatic carbocycles. The summed E-state index contributed by atoms with van der Waals surface area (Å²) in [5.74, 6) is -1.29. The molecule has 20 heavy (non-hydrogen) atoms. The topological polar surface area (TPSA) is 54.5 Å². The van der Waals surface area contributed by atoms with Gasteiger partial charge in [0, 0.05) is 11.8 Å². The van der Waals surface area contributed by atoms with E-state index in [9.17, 15) is 14.4 Å². The van der Waals surface area contributed by atoms with Crippen molar-refractivity contribution in [2.75, 3.05) is 4.90 Å². The minimum absolute atomic E-state index is 0.135. The zero-order chi connectivity index (χ0) is 14.5. The Labute approximate surface area is 116 Å². The highest BCUT2D eigenvalue weighted by Gasteiger charge is 2.49. The number of rotatable bonds is 1. The number of allylic oxidation sites excluding steroid dienone is 3. The molecule has 0 atom stereocenters. The molecule has 0 bridgehead atoms. The first-order valence-corrected chi connectivity index (χ1v) is 6.35. The summed E-state index contributed by atoms with van der Waals surface area (Å²) in [6.07, 6.45) is 2.55. The van der Waals surface area contributed by atoms with Gasteiger partial charge in [0.2, 0.25) is 17.5 Å². The van der Waals surface area contributed by atoms with Crippen LogP contribution in [-0.4, -0.2) is 17.5 Å². The number of carbonyl (C=O) groups excluding carboxylic acids is 3. The van der Waals surface area contributed by atoms with Crippen molar-refractivity contribution >= 4 is 23.2 Å². The van der Waals surface area contributed by atoms with Gasteiger partial charge in [0.15, 0.2) is 0 Å². The SMILES string of the molecule is CC1(C)C(=O)N(c2ccccc2)C2=CC(=O)C(=O)C=C21. The highest BCUT2D eigenvalue weighted by atomic mass is 16.2. The van der Waals surface area contributed by atoms with Crippen molar-refractivity contribution in [3.05, 3.63) is 53.8 Å². The first-order chi connectivity index (χ1) is 9.43. The van der Waals surface area contributed by atoms with E-state index >= 15 is 0 Å². The van der Waals surface area contributed by atoms with Crippen LogP contribution in [0.25, 0.3) is 0 Å². The van der Waals surface area contributed by atoms with Crippen LogP contribution in [0.3, 0.4) is 0 Å². The van der Waals surface area contributed by atoms with Crippen LogP contribution in [0.4, 0.5) is 5.69 Å². The molecule has 0 radical (unpaired) electrons. The molecule has 1 aromatic rings. The maximum absolute atomic E-state index is 12.6. The van der Waals surface area contributed by atoms with Crippen LogP contribution in [0.15, 0.2) is 53.8 Å². The van der Waals surface area contributed by atoms with Gasteiger partial charge in [-0.05, 0) is 37.6 Å². The average molecular weight is 267 g/mol. The van der Waals surface area contributed by atoms with Gasteiger partial charge in [-0.25, -0.2) is 0 Å². The molecular formula is C16H13NO3. The molecule has 100 valence electrons. The fourth-order valence-electron chi connectivity index (χ4n) is 2.57. The Bertz CT molecular complexity index is 696. The molecule has 4 nitrogen and oxygen atoms in total. The Hall–Kier alpha value is -2.49. The van der Waals surface area contributed by atoms with E-state index in [1.54, 1.807) is 26.0 Å². The summed E-state index contributed by atoms with van der Waals surface area (Å²) in [4.78, 5) is 37.3. The Morgan fingerprint density at radius 1 is 0.900 bits per heavy atom. The lowest BCUT2D eigenvalue weighted by molar-refractivity contribution is -0.131. The Morgan fingerprint density at radius 2 is 1.50 bits per heavy atom. The van der Waals surface area contributed by atoms with Crippen molar-refractivity contribution in [2.24, 2.45) is 5.41 Å². The van der Waals surface area contributed by atoms with E-state index in [1.807, 2.05) is 18.2 Å². The second-order valence-electron chi connectivity index (χ2n) is 5.42. The normalized spacial score (nSPS) is 20.7. The summed E-state index contributed by atoms with van der Waals surface area (Å²) in [6, 6.07) is 9.12. The van der Waals surface area contributed by atoms with Gasteiger partial charge in [-0.2, -0.15) is 0 Å². The second kappa shape index (κ2) is 4.00. The monoisotopic (exact) mass is 267 g/mol. The van der Waals surface area contributed by atoms with Crippen LogP contribution in [0.5, 0.6) is 0 Å². The van der Waals surface area contributed by atoms with E-state index < -0.39 is 17.0 Å². The molecule has 1 fully saturated rings. The number of hydrogen-bond donors (Lipinski definition) is 0. The standard InChI is InChI=1S/C16H13NO3/c1-16(2)11-8-13(18)14(19)9-12(11)17(15(16)20)10-6-4-3-5-7-10/h3-9H,1-2H3. The van der Waals surface area contributed by atoms with Crippen molar-refractivity contribution in [1.82, 2.24) is 0 Å². The zero-order valence-electron chi connectivity index (χ0n) is 11.2. The average Bonchev–Trinajstić information content (AvgIpc) is 2.60. The summed E-state index contributed by atoms with van der Waals surface area (Å²) in [5, 5.41) is 0. The maximum Gasteiger partial charge on any atom is 0.241 e. The van der Waals surface area contributed by atoms with Crippen LogP contribution in [0, 0.1) is 5.41 Å². The zero-order valence-corrected chi connectivity index (χ0v) is 11.2. The molecule has 0 N–H and O–H groups in total. The highest BCUT2D eigenvalue weighted by molar-refractivity contribution is 6.47. The van der Waals surface area contributed by atoms with Gasteiger partial charge in [-0.1, -0.05) is 18.2 Å². The van der Waals surface area contributed by atoms with Crippen LogP contribution < -0.4 is 4.90 Å². The molecule has 2 aliphatic rings. The third kappa shape index (κ3) is 1.58. The first-order valence-electron chi connectivity index (χ1n) is 6.35. The summed E-state index contributed by atoms with van der Waals surface area (Å²) in [5.41, 5.74) is 1.01. The fraction of sp³-hybridized carbons (Fsp3) is 0.188. The maximum atomic E-state index is 12.6. The van der Waals surface area contributed by atoms with Crippen LogP contribution in [-0.2, 0) is 14.4 Å². The van der Waals surface area contributed by atoms with Crippen molar-refractivity contribution in [3.8, 4) is 0 Å². The van der Waals surface area contributed by atoms with E-state index in [-0.39, 0.29) is 5.91 Å². The van der Waals surface area contributed by atoms with Gasteiger partial charge in [0.25, 0.3) is 0 Å². The van der Waals surface area contributed by atoms with Crippen LogP contribution in [0.1, 0.15) is 13.8 Å². The number of nitrogens with zero attached hydrogens (tertiary/aromatic N) is 1. The summed E-state index contributed by atoms with van der Waals surface area (Å²) >= 11 is 0. The van der Waals surface area contributed by atoms with Gasteiger partial charge in [-0.15, -0.1) is 0 Å². The first kappa shape index (κ1) is 12.5. The van der Waals surface area contributed by atoms with E-state index in [0.717, 1.165) is 0 Å². The molecule has 1 aliphatic carbocycles. The van der Waals surface area contributed by atoms with Gasteiger partial charge in [-0.3, -0.25) is 19.3 Å². The molecule has 1 amide bonds. The number of para-hydroxylation sites is 1. The quantitative estimate of drug-likeness (QED) is 0.578. The van der Waals surface area contributed by atoms with Gasteiger partial charge in [0.05, 0.1) is 11.1 Å². The second-order valence-corrected chi connectivity index (χ2v) is 5.42. The molecule has 1 aliphatic heterocycles. The number of benzene rings is 1. The number of fused-ring (bicyclic) bond motifs is 1. The summed E-state index contributed by atoms with van der Waals surface area (Å²) in [6.45, 7) is 3.53. The lowest BCUT2D eigenvalue weighted by Crippen LogP contribution is -2.30. The third-order valence-electron chi connectivity index (χ3n) is 3.73. The lowest BCUT2D eigenvalue weighted by Gasteiger charge is -2.19. The minimum atomic E-state index is -0.808. The minimum Gasteiger partial charge on any atom is -0.286 e. The molecule has 3 rings (SSSR count). The Morgan fingerprint density at radius 3 is 2.15 bits per heavy atom. The van der Waals surface area contributed by atoms with Crippen molar-refractivity contribution in [3.63, 3.8) is 0 Å². The lowest BCUT2D eigenvalue weighted by atomic mass is 9.83.